The second-order valence-electron chi connectivity index (χ2n) is 5.73. The smallest absolute Gasteiger partial charge is 0.228 e. The zero-order valence-electron chi connectivity index (χ0n) is 13.5. The largest absolute Gasteiger partial charge is 0.497 e. The molecule has 126 valence electrons. The van der Waals surface area contributed by atoms with Gasteiger partial charge in [0.05, 0.1) is 30.3 Å². The molecule has 0 unspecified atom stereocenters. The number of ether oxygens (including phenoxy) is 1. The standard InChI is InChI=1S/C18H15N3O3S/c1-24-12-3-5-14-15(8-12)21-18(20-14)25-9-16(22)10-2-4-13-11(6-10)7-17(23)19-13/h2-6,8H,7,9H2,1H3,(H,19,23)(H,20,21). The van der Waals surface area contributed by atoms with Gasteiger partial charge >= 0.3 is 0 Å². The Morgan fingerprint density at radius 3 is 3.00 bits per heavy atom. The minimum absolute atomic E-state index is 0.00480. The number of carbonyl (C=O) groups is 2. The predicted octanol–water partition coefficient (Wildman–Crippen LogP) is 3.04. The van der Waals surface area contributed by atoms with E-state index in [1.807, 2.05) is 18.2 Å². The first-order chi connectivity index (χ1) is 12.1. The van der Waals surface area contributed by atoms with E-state index in [4.69, 9.17) is 4.74 Å². The lowest BCUT2D eigenvalue weighted by Gasteiger charge is -2.03. The third-order valence-electron chi connectivity index (χ3n) is 4.06. The van der Waals surface area contributed by atoms with Crippen molar-refractivity contribution in [2.24, 2.45) is 0 Å². The van der Waals surface area contributed by atoms with Crippen LogP contribution < -0.4 is 10.1 Å². The van der Waals surface area contributed by atoms with E-state index in [1.165, 1.54) is 11.8 Å². The molecule has 1 aromatic heterocycles. The second kappa shape index (κ2) is 6.25. The van der Waals surface area contributed by atoms with E-state index in [1.54, 1.807) is 25.3 Å². The third-order valence-corrected chi connectivity index (χ3v) is 4.93. The number of methoxy groups -OCH3 is 1. The maximum atomic E-state index is 12.4. The Balaban J connectivity index is 1.47. The van der Waals surface area contributed by atoms with Crippen LogP contribution in [0.15, 0.2) is 41.6 Å². The summed E-state index contributed by atoms with van der Waals surface area (Å²) in [5.41, 5.74) is 3.98. The Bertz CT molecular complexity index is 996. The minimum atomic E-state index is -0.0355. The summed E-state index contributed by atoms with van der Waals surface area (Å²) in [6.07, 6.45) is 0.328. The molecule has 1 aliphatic heterocycles. The van der Waals surface area contributed by atoms with Crippen molar-refractivity contribution in [3.8, 4) is 5.75 Å². The summed E-state index contributed by atoms with van der Waals surface area (Å²) in [6.45, 7) is 0. The van der Waals surface area contributed by atoms with Gasteiger partial charge in [-0.3, -0.25) is 9.59 Å². The van der Waals surface area contributed by atoms with Crippen LogP contribution in [-0.2, 0) is 11.2 Å². The molecule has 7 heteroatoms. The molecule has 0 spiro atoms. The van der Waals surface area contributed by atoms with Gasteiger partial charge in [-0.05, 0) is 35.9 Å². The number of benzene rings is 2. The molecule has 0 saturated carbocycles. The molecular formula is C18H15N3O3S. The van der Waals surface area contributed by atoms with Gasteiger partial charge in [0.25, 0.3) is 0 Å². The summed E-state index contributed by atoms with van der Waals surface area (Å²) in [5.74, 6) is 0.999. The number of thioether (sulfide) groups is 1. The van der Waals surface area contributed by atoms with E-state index in [2.05, 4.69) is 15.3 Å². The van der Waals surface area contributed by atoms with Crippen molar-refractivity contribution in [2.45, 2.75) is 11.6 Å². The SMILES string of the molecule is COc1ccc2nc(SCC(=O)c3ccc4c(c3)CC(=O)N4)[nH]c2c1. The fraction of sp³-hybridized carbons (Fsp3) is 0.167. The van der Waals surface area contributed by atoms with E-state index < -0.39 is 0 Å². The van der Waals surface area contributed by atoms with Gasteiger partial charge < -0.3 is 15.0 Å². The number of rotatable bonds is 5. The molecule has 3 aromatic rings. The van der Waals surface area contributed by atoms with Gasteiger partial charge in [0, 0.05) is 17.3 Å². The summed E-state index contributed by atoms with van der Waals surface area (Å²) in [6, 6.07) is 10.9. The van der Waals surface area contributed by atoms with Crippen LogP contribution in [0.1, 0.15) is 15.9 Å². The predicted molar refractivity (Wildman–Crippen MR) is 96.5 cm³/mol. The first-order valence-corrected chi connectivity index (χ1v) is 8.73. The highest BCUT2D eigenvalue weighted by Gasteiger charge is 2.19. The number of amides is 1. The van der Waals surface area contributed by atoms with Crippen molar-refractivity contribution in [3.63, 3.8) is 0 Å². The number of ketones is 1. The van der Waals surface area contributed by atoms with Crippen molar-refractivity contribution >= 4 is 40.2 Å². The normalized spacial score (nSPS) is 12.9. The number of aromatic amines is 1. The fourth-order valence-electron chi connectivity index (χ4n) is 2.78. The Morgan fingerprint density at radius 2 is 2.16 bits per heavy atom. The highest BCUT2D eigenvalue weighted by atomic mass is 32.2. The number of hydrogen-bond donors (Lipinski definition) is 2. The highest BCUT2D eigenvalue weighted by Crippen LogP contribution is 2.26. The number of nitrogens with one attached hydrogen (secondary N) is 2. The molecule has 4 rings (SSSR count). The monoisotopic (exact) mass is 353 g/mol. The molecule has 25 heavy (non-hydrogen) atoms. The quantitative estimate of drug-likeness (QED) is 0.544. The topological polar surface area (TPSA) is 84.1 Å². The van der Waals surface area contributed by atoms with Crippen LogP contribution in [0.5, 0.6) is 5.75 Å². The summed E-state index contributed by atoms with van der Waals surface area (Å²) >= 11 is 1.36. The molecule has 2 N–H and O–H groups in total. The van der Waals surface area contributed by atoms with E-state index in [9.17, 15) is 9.59 Å². The van der Waals surface area contributed by atoms with Crippen molar-refractivity contribution < 1.29 is 14.3 Å². The molecular weight excluding hydrogens is 338 g/mol. The lowest BCUT2D eigenvalue weighted by molar-refractivity contribution is -0.115. The zero-order chi connectivity index (χ0) is 17.4. The van der Waals surface area contributed by atoms with Crippen LogP contribution in [0.3, 0.4) is 0 Å². The maximum Gasteiger partial charge on any atom is 0.228 e. The Kier molecular flexibility index (Phi) is 3.93. The highest BCUT2D eigenvalue weighted by molar-refractivity contribution is 7.99. The summed E-state index contributed by atoms with van der Waals surface area (Å²) in [7, 11) is 1.62. The van der Waals surface area contributed by atoms with Crippen LogP contribution in [0, 0.1) is 0 Å². The molecule has 1 amide bonds. The van der Waals surface area contributed by atoms with Gasteiger partial charge in [-0.25, -0.2) is 4.98 Å². The van der Waals surface area contributed by atoms with E-state index in [0.29, 0.717) is 17.1 Å². The van der Waals surface area contributed by atoms with Gasteiger partial charge in [-0.15, -0.1) is 0 Å². The molecule has 1 aliphatic rings. The lowest BCUT2D eigenvalue weighted by atomic mass is 10.1. The molecule has 0 aliphatic carbocycles. The average Bonchev–Trinajstić information content (AvgIpc) is 3.19. The number of H-pyrrole nitrogens is 1. The van der Waals surface area contributed by atoms with Crippen LogP contribution in [-0.4, -0.2) is 34.5 Å². The minimum Gasteiger partial charge on any atom is -0.497 e. The number of carbonyl (C=O) groups excluding carboxylic acids is 2. The summed E-state index contributed by atoms with van der Waals surface area (Å²) in [4.78, 5) is 31.5. The summed E-state index contributed by atoms with van der Waals surface area (Å²) < 4.78 is 5.19. The maximum absolute atomic E-state index is 12.4. The van der Waals surface area contributed by atoms with Gasteiger partial charge in [-0.1, -0.05) is 11.8 Å². The van der Waals surface area contributed by atoms with Crippen molar-refractivity contribution in [1.29, 1.82) is 0 Å². The first kappa shape index (κ1) is 15.7. The van der Waals surface area contributed by atoms with Crippen LogP contribution in [0.2, 0.25) is 0 Å². The summed E-state index contributed by atoms with van der Waals surface area (Å²) in [5, 5.41) is 3.45. The van der Waals surface area contributed by atoms with Crippen LogP contribution >= 0.6 is 11.8 Å². The molecule has 0 radical (unpaired) electrons. The average molecular weight is 353 g/mol. The second-order valence-corrected chi connectivity index (χ2v) is 6.70. The van der Waals surface area contributed by atoms with Gasteiger partial charge in [0.2, 0.25) is 5.91 Å². The number of aromatic nitrogens is 2. The molecule has 2 aromatic carbocycles. The number of imidazole rings is 1. The van der Waals surface area contributed by atoms with Crippen LogP contribution in [0.4, 0.5) is 5.69 Å². The number of nitrogens with zero attached hydrogens (tertiary/aromatic N) is 1. The van der Waals surface area contributed by atoms with Gasteiger partial charge in [0.15, 0.2) is 10.9 Å². The van der Waals surface area contributed by atoms with Crippen molar-refractivity contribution in [2.75, 3.05) is 18.2 Å². The van der Waals surface area contributed by atoms with Crippen LogP contribution in [0.25, 0.3) is 11.0 Å². The number of Topliss-reactive ketones (excluding diaryl/α,β-unsaturated/α-hetero) is 1. The molecule has 2 heterocycles. The van der Waals surface area contributed by atoms with Crippen molar-refractivity contribution in [3.05, 3.63) is 47.5 Å². The van der Waals surface area contributed by atoms with Gasteiger partial charge in [0.1, 0.15) is 5.75 Å². The van der Waals surface area contributed by atoms with Crippen molar-refractivity contribution in [1.82, 2.24) is 9.97 Å². The Hall–Kier alpha value is -2.80. The molecule has 6 nitrogen and oxygen atoms in total. The molecule has 0 saturated heterocycles. The Labute approximate surface area is 148 Å². The van der Waals surface area contributed by atoms with E-state index in [0.717, 1.165) is 28.0 Å². The Morgan fingerprint density at radius 1 is 1.28 bits per heavy atom. The number of anilines is 1. The number of fused-ring (bicyclic) bond motifs is 2. The molecule has 0 atom stereocenters. The van der Waals surface area contributed by atoms with E-state index >= 15 is 0 Å². The van der Waals surface area contributed by atoms with E-state index in [-0.39, 0.29) is 17.4 Å². The first-order valence-electron chi connectivity index (χ1n) is 7.75. The number of hydrogen-bond acceptors (Lipinski definition) is 5. The molecule has 0 fully saturated rings. The van der Waals surface area contributed by atoms with Gasteiger partial charge in [-0.2, -0.15) is 0 Å². The molecule has 0 bridgehead atoms. The third kappa shape index (κ3) is 3.10. The lowest BCUT2D eigenvalue weighted by Crippen LogP contribution is -2.03. The fourth-order valence-corrected chi connectivity index (χ4v) is 3.56. The zero-order valence-corrected chi connectivity index (χ0v) is 14.3.